The van der Waals surface area contributed by atoms with E-state index in [1.54, 1.807) is 0 Å². The predicted octanol–water partition coefficient (Wildman–Crippen LogP) is 0.828. The van der Waals surface area contributed by atoms with Gasteiger partial charge < -0.3 is 26.8 Å². The monoisotopic (exact) mass is 300 g/mol. The molecular formula is C11H13ClN4O4. The summed E-state index contributed by atoms with van der Waals surface area (Å²) >= 11 is 5.70. The Hall–Kier alpha value is -2.48. The van der Waals surface area contributed by atoms with E-state index in [4.69, 9.17) is 22.4 Å². The molecule has 0 fully saturated rings. The van der Waals surface area contributed by atoms with Gasteiger partial charge >= 0.3 is 18.0 Å². The van der Waals surface area contributed by atoms with E-state index < -0.39 is 18.0 Å². The second-order valence-electron chi connectivity index (χ2n) is 3.67. The summed E-state index contributed by atoms with van der Waals surface area (Å²) in [6.45, 7) is 0.359. The van der Waals surface area contributed by atoms with Crippen LogP contribution >= 0.6 is 11.6 Å². The van der Waals surface area contributed by atoms with Gasteiger partial charge in [-0.3, -0.25) is 0 Å². The first kappa shape index (κ1) is 15.6. The molecule has 1 rings (SSSR count). The second kappa shape index (κ2) is 7.19. The topological polar surface area (TPSA) is 134 Å². The molecule has 6 N–H and O–H groups in total. The number of nitrogens with two attached hydrogens (primary N) is 1. The highest BCUT2D eigenvalue weighted by Gasteiger charge is 2.10. The van der Waals surface area contributed by atoms with Crippen LogP contribution in [0.2, 0.25) is 5.02 Å². The van der Waals surface area contributed by atoms with Crippen molar-refractivity contribution in [2.24, 2.45) is 5.73 Å². The van der Waals surface area contributed by atoms with Gasteiger partial charge in [0.2, 0.25) is 0 Å². The number of rotatable bonds is 5. The first-order valence-electron chi connectivity index (χ1n) is 5.51. The molecular weight excluding hydrogens is 288 g/mol. The number of nitrogens with one attached hydrogen (secondary N) is 3. The van der Waals surface area contributed by atoms with Gasteiger partial charge in [0.15, 0.2) is 0 Å². The summed E-state index contributed by atoms with van der Waals surface area (Å²) in [6.07, 6.45) is 0. The molecule has 0 atom stereocenters. The number of urea groups is 2. The van der Waals surface area contributed by atoms with E-state index >= 15 is 0 Å². The summed E-state index contributed by atoms with van der Waals surface area (Å²) in [5, 5.41) is 16.1. The Morgan fingerprint density at radius 1 is 1.20 bits per heavy atom. The van der Waals surface area contributed by atoms with Crippen LogP contribution < -0.4 is 21.7 Å². The highest BCUT2D eigenvalue weighted by Crippen LogP contribution is 2.20. The number of amides is 4. The molecule has 1 aromatic rings. The van der Waals surface area contributed by atoms with Crippen molar-refractivity contribution >= 4 is 35.3 Å². The standard InChI is InChI=1S/C11H13ClN4O4/c12-8-2-1-6(5-7(8)9(17)18)16-11(20)15-4-3-14-10(13)19/h1-2,5H,3-4H2,(H,17,18)(H3,13,14,19)(H2,15,16,20). The number of carbonyl (C=O) groups is 3. The summed E-state index contributed by atoms with van der Waals surface area (Å²) in [4.78, 5) is 32.7. The molecule has 0 aromatic heterocycles. The summed E-state index contributed by atoms with van der Waals surface area (Å²) in [7, 11) is 0. The third kappa shape index (κ3) is 5.02. The largest absolute Gasteiger partial charge is 0.478 e. The van der Waals surface area contributed by atoms with Gasteiger partial charge in [-0.25, -0.2) is 14.4 Å². The molecule has 8 nitrogen and oxygen atoms in total. The number of primary amides is 1. The Morgan fingerprint density at radius 2 is 1.85 bits per heavy atom. The second-order valence-corrected chi connectivity index (χ2v) is 4.08. The Bertz CT molecular complexity index is 535. The first-order chi connectivity index (χ1) is 9.40. The van der Waals surface area contributed by atoms with Crippen molar-refractivity contribution in [2.45, 2.75) is 0 Å². The van der Waals surface area contributed by atoms with Crippen molar-refractivity contribution in [1.82, 2.24) is 10.6 Å². The number of anilines is 1. The number of halogens is 1. The zero-order valence-electron chi connectivity index (χ0n) is 10.3. The first-order valence-corrected chi connectivity index (χ1v) is 5.89. The fourth-order valence-corrected chi connectivity index (χ4v) is 1.50. The average Bonchev–Trinajstić information content (AvgIpc) is 2.36. The lowest BCUT2D eigenvalue weighted by Crippen LogP contribution is -2.38. The quantitative estimate of drug-likeness (QED) is 0.515. The van der Waals surface area contributed by atoms with Crippen LogP contribution in [0.15, 0.2) is 18.2 Å². The molecule has 0 saturated carbocycles. The molecule has 4 amide bonds. The highest BCUT2D eigenvalue weighted by atomic mass is 35.5. The summed E-state index contributed by atoms with van der Waals surface area (Å²) in [6, 6.07) is 2.85. The number of carboxylic acid groups (broad SMARTS) is 1. The van der Waals surface area contributed by atoms with Crippen LogP contribution in [0.3, 0.4) is 0 Å². The normalized spacial score (nSPS) is 9.65. The summed E-state index contributed by atoms with van der Waals surface area (Å²) in [5.41, 5.74) is 5.02. The van der Waals surface area contributed by atoms with Crippen LogP contribution in [0.25, 0.3) is 0 Å². The Morgan fingerprint density at radius 3 is 2.45 bits per heavy atom. The van der Waals surface area contributed by atoms with Crippen LogP contribution in [0.4, 0.5) is 15.3 Å². The molecule has 0 unspecified atom stereocenters. The summed E-state index contributed by atoms with van der Waals surface area (Å²) in [5.74, 6) is -1.19. The zero-order valence-corrected chi connectivity index (χ0v) is 11.0. The van der Waals surface area contributed by atoms with E-state index in [1.807, 2.05) is 0 Å². The molecule has 0 saturated heterocycles. The van der Waals surface area contributed by atoms with Gasteiger partial charge in [0, 0.05) is 18.8 Å². The molecule has 0 bridgehead atoms. The van der Waals surface area contributed by atoms with E-state index in [9.17, 15) is 14.4 Å². The predicted molar refractivity (Wildman–Crippen MR) is 73.0 cm³/mol. The molecule has 0 radical (unpaired) electrons. The van der Waals surface area contributed by atoms with Gasteiger partial charge in [-0.1, -0.05) is 11.6 Å². The minimum atomic E-state index is -1.19. The smallest absolute Gasteiger partial charge is 0.337 e. The third-order valence-corrected chi connectivity index (χ3v) is 2.49. The molecule has 0 aliphatic rings. The van der Waals surface area contributed by atoms with Gasteiger partial charge in [-0.2, -0.15) is 0 Å². The minimum absolute atomic E-state index is 0.0779. The third-order valence-electron chi connectivity index (χ3n) is 2.16. The SMILES string of the molecule is NC(=O)NCCNC(=O)Nc1ccc(Cl)c(C(=O)O)c1. The van der Waals surface area contributed by atoms with Crippen molar-refractivity contribution in [1.29, 1.82) is 0 Å². The average molecular weight is 301 g/mol. The Labute approximate surface area is 119 Å². The van der Waals surface area contributed by atoms with E-state index in [-0.39, 0.29) is 29.4 Å². The molecule has 0 aliphatic heterocycles. The van der Waals surface area contributed by atoms with Crippen molar-refractivity contribution < 1.29 is 19.5 Å². The van der Waals surface area contributed by atoms with Gasteiger partial charge in [-0.05, 0) is 18.2 Å². The zero-order chi connectivity index (χ0) is 15.1. The summed E-state index contributed by atoms with van der Waals surface area (Å²) < 4.78 is 0. The van der Waals surface area contributed by atoms with Gasteiger partial charge in [-0.15, -0.1) is 0 Å². The van der Waals surface area contributed by atoms with Crippen molar-refractivity contribution in [2.75, 3.05) is 18.4 Å². The van der Waals surface area contributed by atoms with E-state index in [0.717, 1.165) is 0 Å². The lowest BCUT2D eigenvalue weighted by Gasteiger charge is -2.09. The Balaban J connectivity index is 2.52. The number of carbonyl (C=O) groups excluding carboxylic acids is 2. The van der Waals surface area contributed by atoms with Gasteiger partial charge in [0.05, 0.1) is 10.6 Å². The highest BCUT2D eigenvalue weighted by molar-refractivity contribution is 6.33. The fraction of sp³-hybridized carbons (Fsp3) is 0.182. The number of hydrogen-bond acceptors (Lipinski definition) is 3. The van der Waals surface area contributed by atoms with Gasteiger partial charge in [0.25, 0.3) is 0 Å². The Kier molecular flexibility index (Phi) is 5.60. The maximum absolute atomic E-state index is 11.5. The number of benzene rings is 1. The van der Waals surface area contributed by atoms with Gasteiger partial charge in [0.1, 0.15) is 0 Å². The van der Waals surface area contributed by atoms with Crippen molar-refractivity contribution in [3.05, 3.63) is 28.8 Å². The van der Waals surface area contributed by atoms with E-state index in [2.05, 4.69) is 16.0 Å². The number of aromatic carboxylic acids is 1. The maximum atomic E-state index is 11.5. The molecule has 9 heteroatoms. The van der Waals surface area contributed by atoms with E-state index in [1.165, 1.54) is 18.2 Å². The van der Waals surface area contributed by atoms with Crippen LogP contribution in [0.1, 0.15) is 10.4 Å². The molecule has 108 valence electrons. The van der Waals surface area contributed by atoms with Crippen LogP contribution in [-0.4, -0.2) is 36.2 Å². The van der Waals surface area contributed by atoms with Crippen molar-refractivity contribution in [3.8, 4) is 0 Å². The lowest BCUT2D eigenvalue weighted by atomic mass is 10.2. The minimum Gasteiger partial charge on any atom is -0.478 e. The van der Waals surface area contributed by atoms with Crippen LogP contribution in [-0.2, 0) is 0 Å². The number of carboxylic acids is 1. The number of hydrogen-bond donors (Lipinski definition) is 5. The fourth-order valence-electron chi connectivity index (χ4n) is 1.30. The molecule has 0 spiro atoms. The van der Waals surface area contributed by atoms with E-state index in [0.29, 0.717) is 0 Å². The molecule has 0 aliphatic carbocycles. The van der Waals surface area contributed by atoms with Crippen LogP contribution in [0.5, 0.6) is 0 Å². The molecule has 1 aromatic carbocycles. The molecule has 20 heavy (non-hydrogen) atoms. The van der Waals surface area contributed by atoms with Crippen molar-refractivity contribution in [3.63, 3.8) is 0 Å². The maximum Gasteiger partial charge on any atom is 0.337 e. The van der Waals surface area contributed by atoms with Crippen LogP contribution in [0, 0.1) is 0 Å². The molecule has 0 heterocycles. The lowest BCUT2D eigenvalue weighted by molar-refractivity contribution is 0.0697.